The van der Waals surface area contributed by atoms with Gasteiger partial charge in [0, 0.05) is 5.69 Å². The molecule has 0 heterocycles. The lowest BCUT2D eigenvalue weighted by Crippen LogP contribution is -2.16. The van der Waals surface area contributed by atoms with Crippen LogP contribution in [0.5, 0.6) is 5.75 Å². The summed E-state index contributed by atoms with van der Waals surface area (Å²) in [7, 11) is 1.63. The summed E-state index contributed by atoms with van der Waals surface area (Å²) in [4.78, 5) is 12.3. The second-order valence-electron chi connectivity index (χ2n) is 5.47. The summed E-state index contributed by atoms with van der Waals surface area (Å²) in [5.74, 6) is 1.18. The highest BCUT2D eigenvalue weighted by Gasteiger charge is 2.11. The second-order valence-corrected chi connectivity index (χ2v) is 5.47. The quantitative estimate of drug-likeness (QED) is 0.858. The van der Waals surface area contributed by atoms with E-state index in [2.05, 4.69) is 25.2 Å². The molecule has 0 saturated carbocycles. The number of methoxy groups -OCH3 is 1. The molecule has 3 heteroatoms. The first-order chi connectivity index (χ1) is 10.6. The molecule has 0 bridgehead atoms. The number of carbonyl (C=O) groups excluding carboxylic acids is 1. The number of amides is 1. The van der Waals surface area contributed by atoms with E-state index in [4.69, 9.17) is 4.74 Å². The molecule has 0 spiro atoms. The van der Waals surface area contributed by atoms with Gasteiger partial charge in [0.1, 0.15) is 5.75 Å². The van der Waals surface area contributed by atoms with Crippen LogP contribution in [-0.2, 0) is 11.2 Å². The lowest BCUT2D eigenvalue weighted by Gasteiger charge is -2.15. The zero-order chi connectivity index (χ0) is 15.9. The van der Waals surface area contributed by atoms with Crippen LogP contribution in [0.1, 0.15) is 37.3 Å². The van der Waals surface area contributed by atoms with Crippen molar-refractivity contribution >= 4 is 11.6 Å². The van der Waals surface area contributed by atoms with E-state index in [0.717, 1.165) is 23.4 Å². The first-order valence-corrected chi connectivity index (χ1v) is 7.65. The Bertz CT molecular complexity index is 637. The summed E-state index contributed by atoms with van der Waals surface area (Å²) < 4.78 is 5.19. The lowest BCUT2D eigenvalue weighted by molar-refractivity contribution is -0.115. The van der Waals surface area contributed by atoms with E-state index in [1.165, 1.54) is 5.56 Å². The van der Waals surface area contributed by atoms with Gasteiger partial charge in [0.15, 0.2) is 0 Å². The van der Waals surface area contributed by atoms with Gasteiger partial charge in [0.05, 0.1) is 13.5 Å². The molecule has 2 aromatic carbocycles. The number of rotatable bonds is 6. The fraction of sp³-hybridized carbons (Fsp3) is 0.316. The minimum Gasteiger partial charge on any atom is -0.497 e. The SMILES string of the molecule is CC[C@H](C)c1ccccc1NC(=O)Cc1cccc(OC)c1. The van der Waals surface area contributed by atoms with Crippen LogP contribution < -0.4 is 10.1 Å². The van der Waals surface area contributed by atoms with Gasteiger partial charge in [-0.25, -0.2) is 0 Å². The maximum atomic E-state index is 12.3. The molecule has 0 aromatic heterocycles. The van der Waals surface area contributed by atoms with Crippen molar-refractivity contribution < 1.29 is 9.53 Å². The predicted molar refractivity (Wildman–Crippen MR) is 90.5 cm³/mol. The van der Waals surface area contributed by atoms with Crippen LogP contribution in [0, 0.1) is 0 Å². The standard InChI is InChI=1S/C19H23NO2/c1-4-14(2)17-10-5-6-11-18(17)20-19(21)13-15-8-7-9-16(12-15)22-3/h5-12,14H,4,13H2,1-3H3,(H,20,21)/t14-/m0/s1. The molecule has 2 rings (SSSR count). The molecule has 0 aliphatic carbocycles. The molecule has 1 N–H and O–H groups in total. The van der Waals surface area contributed by atoms with E-state index < -0.39 is 0 Å². The van der Waals surface area contributed by atoms with Crippen molar-refractivity contribution in [2.24, 2.45) is 0 Å². The van der Waals surface area contributed by atoms with Gasteiger partial charge in [0.2, 0.25) is 5.91 Å². The summed E-state index contributed by atoms with van der Waals surface area (Å²) in [6.07, 6.45) is 1.38. The van der Waals surface area contributed by atoms with Gasteiger partial charge in [-0.2, -0.15) is 0 Å². The van der Waals surface area contributed by atoms with Crippen LogP contribution in [0.3, 0.4) is 0 Å². The molecule has 1 amide bonds. The van der Waals surface area contributed by atoms with Gasteiger partial charge in [-0.05, 0) is 41.7 Å². The van der Waals surface area contributed by atoms with Gasteiger partial charge >= 0.3 is 0 Å². The predicted octanol–water partition coefficient (Wildman–Crippen LogP) is 4.39. The van der Waals surface area contributed by atoms with E-state index >= 15 is 0 Å². The molecule has 2 aromatic rings. The number of carbonyl (C=O) groups is 1. The third-order valence-electron chi connectivity index (χ3n) is 3.88. The molecule has 1 atom stereocenters. The normalized spacial score (nSPS) is 11.8. The summed E-state index contributed by atoms with van der Waals surface area (Å²) in [6, 6.07) is 15.6. The molecule has 0 saturated heterocycles. The highest BCUT2D eigenvalue weighted by molar-refractivity contribution is 5.93. The highest BCUT2D eigenvalue weighted by Crippen LogP contribution is 2.26. The minimum absolute atomic E-state index is 0.0102. The van der Waals surface area contributed by atoms with Crippen molar-refractivity contribution in [2.75, 3.05) is 12.4 Å². The largest absolute Gasteiger partial charge is 0.497 e. The molecule has 0 aliphatic heterocycles. The van der Waals surface area contributed by atoms with Crippen LogP contribution in [0.15, 0.2) is 48.5 Å². The minimum atomic E-state index is -0.0102. The van der Waals surface area contributed by atoms with Gasteiger partial charge in [-0.3, -0.25) is 4.79 Å². The Morgan fingerprint density at radius 1 is 1.18 bits per heavy atom. The topological polar surface area (TPSA) is 38.3 Å². The van der Waals surface area contributed by atoms with Gasteiger partial charge in [0.25, 0.3) is 0 Å². The number of anilines is 1. The Kier molecular flexibility index (Phi) is 5.59. The number of nitrogens with one attached hydrogen (secondary N) is 1. The molecule has 0 fully saturated rings. The maximum Gasteiger partial charge on any atom is 0.228 e. The first-order valence-electron chi connectivity index (χ1n) is 7.65. The molecule has 0 aliphatic rings. The van der Waals surface area contributed by atoms with E-state index in [9.17, 15) is 4.79 Å². The lowest BCUT2D eigenvalue weighted by atomic mass is 9.97. The molecule has 3 nitrogen and oxygen atoms in total. The second kappa shape index (κ2) is 7.64. The van der Waals surface area contributed by atoms with Crippen LogP contribution in [-0.4, -0.2) is 13.0 Å². The van der Waals surface area contributed by atoms with Gasteiger partial charge < -0.3 is 10.1 Å². The Labute approximate surface area is 132 Å². The van der Waals surface area contributed by atoms with Crippen LogP contribution >= 0.6 is 0 Å². The van der Waals surface area contributed by atoms with Crippen LogP contribution in [0.2, 0.25) is 0 Å². The van der Waals surface area contributed by atoms with Crippen molar-refractivity contribution in [1.82, 2.24) is 0 Å². The Morgan fingerprint density at radius 2 is 1.95 bits per heavy atom. The van der Waals surface area contributed by atoms with E-state index in [1.807, 2.05) is 42.5 Å². The van der Waals surface area contributed by atoms with Crippen molar-refractivity contribution in [3.05, 3.63) is 59.7 Å². The zero-order valence-corrected chi connectivity index (χ0v) is 13.4. The zero-order valence-electron chi connectivity index (χ0n) is 13.4. The average Bonchev–Trinajstić information content (AvgIpc) is 2.54. The smallest absolute Gasteiger partial charge is 0.228 e. The highest BCUT2D eigenvalue weighted by atomic mass is 16.5. The van der Waals surface area contributed by atoms with Crippen molar-refractivity contribution in [3.8, 4) is 5.75 Å². The number of hydrogen-bond acceptors (Lipinski definition) is 2. The first kappa shape index (κ1) is 16.1. The molecular formula is C19H23NO2. The summed E-state index contributed by atoms with van der Waals surface area (Å²) >= 11 is 0. The van der Waals surface area contributed by atoms with Crippen LogP contribution in [0.25, 0.3) is 0 Å². The van der Waals surface area contributed by atoms with Gasteiger partial charge in [-0.15, -0.1) is 0 Å². The van der Waals surface area contributed by atoms with E-state index in [0.29, 0.717) is 12.3 Å². The molecule has 116 valence electrons. The number of hydrogen-bond donors (Lipinski definition) is 1. The Morgan fingerprint density at radius 3 is 2.68 bits per heavy atom. The molecule has 22 heavy (non-hydrogen) atoms. The Hall–Kier alpha value is -2.29. The maximum absolute atomic E-state index is 12.3. The fourth-order valence-corrected chi connectivity index (χ4v) is 2.42. The summed E-state index contributed by atoms with van der Waals surface area (Å²) in [5, 5.41) is 3.03. The summed E-state index contributed by atoms with van der Waals surface area (Å²) in [5.41, 5.74) is 3.03. The van der Waals surface area contributed by atoms with Crippen LogP contribution in [0.4, 0.5) is 5.69 Å². The average molecular weight is 297 g/mol. The molecular weight excluding hydrogens is 274 g/mol. The van der Waals surface area contributed by atoms with Crippen molar-refractivity contribution in [3.63, 3.8) is 0 Å². The number of ether oxygens (including phenoxy) is 1. The monoisotopic (exact) mass is 297 g/mol. The Balaban J connectivity index is 2.09. The fourth-order valence-electron chi connectivity index (χ4n) is 2.42. The van der Waals surface area contributed by atoms with Crippen molar-refractivity contribution in [2.45, 2.75) is 32.6 Å². The number of benzene rings is 2. The molecule has 0 radical (unpaired) electrons. The third kappa shape index (κ3) is 4.10. The third-order valence-corrected chi connectivity index (χ3v) is 3.88. The van der Waals surface area contributed by atoms with E-state index in [-0.39, 0.29) is 5.91 Å². The van der Waals surface area contributed by atoms with E-state index in [1.54, 1.807) is 7.11 Å². The summed E-state index contributed by atoms with van der Waals surface area (Å²) in [6.45, 7) is 4.33. The molecule has 0 unspecified atom stereocenters. The van der Waals surface area contributed by atoms with Gasteiger partial charge in [-0.1, -0.05) is 44.2 Å². The van der Waals surface area contributed by atoms with Crippen molar-refractivity contribution in [1.29, 1.82) is 0 Å². The number of para-hydroxylation sites is 1.